The molecule has 0 saturated carbocycles. The van der Waals surface area contributed by atoms with Gasteiger partial charge in [0.1, 0.15) is 11.6 Å². The lowest BCUT2D eigenvalue weighted by atomic mass is 9.92. The summed E-state index contributed by atoms with van der Waals surface area (Å²) in [5, 5.41) is 3.34. The molecular weight excluding hydrogens is 248 g/mol. The lowest BCUT2D eigenvalue weighted by Crippen LogP contribution is -2.68. The van der Waals surface area contributed by atoms with Gasteiger partial charge >= 0.3 is 0 Å². The van der Waals surface area contributed by atoms with Crippen LogP contribution in [0.5, 0.6) is 0 Å². The summed E-state index contributed by atoms with van der Waals surface area (Å²) in [6, 6.07) is -0.355. The van der Waals surface area contributed by atoms with Gasteiger partial charge in [0.2, 0.25) is 11.8 Å². The highest BCUT2D eigenvalue weighted by molar-refractivity contribution is 7.99. The molecule has 1 rings (SSSR count). The molecule has 0 aromatic heterocycles. The highest BCUT2D eigenvalue weighted by Gasteiger charge is 2.44. The highest BCUT2D eigenvalue weighted by Crippen LogP contribution is 2.22. The molecule has 1 N–H and O–H groups in total. The van der Waals surface area contributed by atoms with Crippen molar-refractivity contribution in [2.75, 3.05) is 12.8 Å². The molecule has 0 spiro atoms. The van der Waals surface area contributed by atoms with Gasteiger partial charge in [-0.25, -0.2) is 0 Å². The number of piperazine rings is 1. The van der Waals surface area contributed by atoms with Crippen LogP contribution in [0, 0.1) is 0 Å². The minimum Gasteiger partial charge on any atom is -0.340 e. The van der Waals surface area contributed by atoms with Crippen molar-refractivity contribution in [1.29, 1.82) is 0 Å². The number of hydrogen-bond donors (Lipinski definition) is 1. The summed E-state index contributed by atoms with van der Waals surface area (Å²) in [6.07, 6.45) is 3.61. The number of hydrogen-bond acceptors (Lipinski definition) is 3. The molecular formula is C13H24N2O2S. The number of carbonyl (C=O) groups excluding carboxylic acids is 2. The molecule has 4 nitrogen and oxygen atoms in total. The van der Waals surface area contributed by atoms with Crippen molar-refractivity contribution in [2.24, 2.45) is 0 Å². The monoisotopic (exact) mass is 272 g/mol. The van der Waals surface area contributed by atoms with E-state index in [9.17, 15) is 9.59 Å². The van der Waals surface area contributed by atoms with Crippen molar-refractivity contribution in [2.45, 2.75) is 57.4 Å². The lowest BCUT2D eigenvalue weighted by Gasteiger charge is -2.43. The lowest BCUT2D eigenvalue weighted by molar-refractivity contribution is -0.153. The first kappa shape index (κ1) is 15.3. The number of nitrogens with one attached hydrogen (secondary N) is 1. The number of carbonyl (C=O) groups is 2. The molecule has 3 unspecified atom stereocenters. The summed E-state index contributed by atoms with van der Waals surface area (Å²) in [4.78, 5) is 26.1. The third-order valence-electron chi connectivity index (χ3n) is 3.86. The smallest absolute Gasteiger partial charge is 0.248 e. The van der Waals surface area contributed by atoms with Gasteiger partial charge in [0.25, 0.3) is 0 Å². The van der Waals surface area contributed by atoms with Crippen LogP contribution in [-0.2, 0) is 9.59 Å². The minimum atomic E-state index is -0.730. The van der Waals surface area contributed by atoms with Gasteiger partial charge in [-0.2, -0.15) is 11.8 Å². The Morgan fingerprint density at radius 3 is 2.61 bits per heavy atom. The van der Waals surface area contributed by atoms with E-state index in [0.29, 0.717) is 18.2 Å². The normalized spacial score (nSPS) is 30.3. The predicted molar refractivity (Wildman–Crippen MR) is 75.6 cm³/mol. The fourth-order valence-corrected chi connectivity index (χ4v) is 2.38. The van der Waals surface area contributed by atoms with Gasteiger partial charge in [0.05, 0.1) is 0 Å². The Kier molecular flexibility index (Phi) is 5.08. The van der Waals surface area contributed by atoms with Crippen molar-refractivity contribution in [3.63, 3.8) is 0 Å². The van der Waals surface area contributed by atoms with Crippen LogP contribution in [0.3, 0.4) is 0 Å². The van der Waals surface area contributed by atoms with Crippen molar-refractivity contribution in [3.05, 3.63) is 0 Å². The maximum atomic E-state index is 12.4. The van der Waals surface area contributed by atoms with Crippen LogP contribution in [0.15, 0.2) is 0 Å². The topological polar surface area (TPSA) is 49.4 Å². The van der Waals surface area contributed by atoms with Crippen LogP contribution in [0.25, 0.3) is 0 Å². The molecule has 104 valence electrons. The molecule has 5 heteroatoms. The Hall–Kier alpha value is -0.710. The van der Waals surface area contributed by atoms with Gasteiger partial charge in [0.15, 0.2) is 0 Å². The number of thioether (sulfide) groups is 1. The first-order valence-electron chi connectivity index (χ1n) is 6.51. The Bertz CT molecular complexity index is 335. The van der Waals surface area contributed by atoms with Gasteiger partial charge in [-0.1, -0.05) is 13.8 Å². The van der Waals surface area contributed by atoms with Crippen LogP contribution >= 0.6 is 11.8 Å². The zero-order chi connectivity index (χ0) is 13.9. The Morgan fingerprint density at radius 1 is 1.50 bits per heavy atom. The fourth-order valence-electron chi connectivity index (χ4n) is 2.04. The van der Waals surface area contributed by atoms with Gasteiger partial charge in [-0.05, 0) is 32.9 Å². The molecule has 2 amide bonds. The second kappa shape index (κ2) is 5.95. The average Bonchev–Trinajstić information content (AvgIpc) is 2.36. The van der Waals surface area contributed by atoms with E-state index in [4.69, 9.17) is 0 Å². The maximum absolute atomic E-state index is 12.4. The van der Waals surface area contributed by atoms with Gasteiger partial charge in [-0.15, -0.1) is 0 Å². The van der Waals surface area contributed by atoms with Gasteiger partial charge in [-0.3, -0.25) is 9.59 Å². The zero-order valence-corrected chi connectivity index (χ0v) is 12.8. The second-order valence-electron chi connectivity index (χ2n) is 5.18. The molecule has 0 bridgehead atoms. The quantitative estimate of drug-likeness (QED) is 0.828. The van der Waals surface area contributed by atoms with Gasteiger partial charge in [0, 0.05) is 11.8 Å². The van der Waals surface area contributed by atoms with Crippen LogP contribution in [0.4, 0.5) is 0 Å². The molecule has 0 aromatic carbocycles. The SMILES string of the molecule is CCC1(C)NC(=O)C(C)N(CCC(C)SC)C1=O. The summed E-state index contributed by atoms with van der Waals surface area (Å²) in [6.45, 7) is 8.33. The first-order chi connectivity index (χ1) is 8.35. The molecule has 1 saturated heterocycles. The van der Waals surface area contributed by atoms with Crippen molar-refractivity contribution in [3.8, 4) is 0 Å². The van der Waals surface area contributed by atoms with Gasteiger partial charge < -0.3 is 10.2 Å². The number of rotatable bonds is 5. The third kappa shape index (κ3) is 2.99. The minimum absolute atomic E-state index is 0.0456. The first-order valence-corrected chi connectivity index (χ1v) is 7.80. The number of amides is 2. The van der Waals surface area contributed by atoms with E-state index in [1.807, 2.05) is 13.8 Å². The third-order valence-corrected chi connectivity index (χ3v) is 4.91. The molecule has 18 heavy (non-hydrogen) atoms. The molecule has 3 atom stereocenters. The Balaban J connectivity index is 2.79. The predicted octanol–water partition coefficient (Wildman–Crippen LogP) is 1.64. The van der Waals surface area contributed by atoms with Crippen LogP contribution < -0.4 is 5.32 Å². The van der Waals surface area contributed by atoms with Crippen molar-refractivity contribution < 1.29 is 9.59 Å². The summed E-state index contributed by atoms with van der Waals surface area (Å²) >= 11 is 1.78. The molecule has 1 heterocycles. The van der Waals surface area contributed by atoms with Crippen LogP contribution in [0.2, 0.25) is 0 Å². The van der Waals surface area contributed by atoms with E-state index >= 15 is 0 Å². The Labute approximate surface area is 114 Å². The molecule has 0 aliphatic carbocycles. The molecule has 1 fully saturated rings. The molecule has 0 radical (unpaired) electrons. The summed E-state index contributed by atoms with van der Waals surface area (Å²) in [7, 11) is 0. The molecule has 1 aliphatic rings. The van der Waals surface area contributed by atoms with Crippen molar-refractivity contribution in [1.82, 2.24) is 10.2 Å². The van der Waals surface area contributed by atoms with E-state index < -0.39 is 5.54 Å². The van der Waals surface area contributed by atoms with Crippen LogP contribution in [-0.4, -0.2) is 46.3 Å². The van der Waals surface area contributed by atoms with Crippen LogP contribution in [0.1, 0.15) is 40.5 Å². The highest BCUT2D eigenvalue weighted by atomic mass is 32.2. The second-order valence-corrected chi connectivity index (χ2v) is 6.46. The summed E-state index contributed by atoms with van der Waals surface area (Å²) in [5.74, 6) is 0.00107. The van der Waals surface area contributed by atoms with E-state index in [0.717, 1.165) is 6.42 Å². The fraction of sp³-hybridized carbons (Fsp3) is 0.846. The van der Waals surface area contributed by atoms with E-state index in [2.05, 4.69) is 18.5 Å². The Morgan fingerprint density at radius 2 is 2.11 bits per heavy atom. The zero-order valence-electron chi connectivity index (χ0n) is 11.9. The summed E-state index contributed by atoms with van der Waals surface area (Å²) in [5.41, 5.74) is -0.730. The molecule has 1 aliphatic heterocycles. The largest absolute Gasteiger partial charge is 0.340 e. The van der Waals surface area contributed by atoms with Crippen molar-refractivity contribution >= 4 is 23.6 Å². The summed E-state index contributed by atoms with van der Waals surface area (Å²) < 4.78 is 0. The number of nitrogens with zero attached hydrogens (tertiary/aromatic N) is 1. The standard InChI is InChI=1S/C13H24N2O2S/c1-6-13(4)12(17)15(8-7-9(2)18-5)10(3)11(16)14-13/h9-10H,6-8H2,1-5H3,(H,14,16). The average molecular weight is 272 g/mol. The van der Waals surface area contributed by atoms with E-state index in [1.54, 1.807) is 23.6 Å². The maximum Gasteiger partial charge on any atom is 0.248 e. The van der Waals surface area contributed by atoms with E-state index in [-0.39, 0.29) is 17.9 Å². The molecule has 0 aromatic rings. The van der Waals surface area contributed by atoms with E-state index in [1.165, 1.54) is 0 Å².